The second-order valence-electron chi connectivity index (χ2n) is 2.94. The molecule has 5 heteroatoms. The Kier molecular flexibility index (Phi) is 4.01. The fraction of sp³-hybridized carbons (Fsp3) is 0.333. The number of halogens is 2. The van der Waals surface area contributed by atoms with Crippen molar-refractivity contribution in [2.45, 2.75) is 12.5 Å². The Hall–Kier alpha value is -0.480. The van der Waals surface area contributed by atoms with Gasteiger partial charge < -0.3 is 15.3 Å². The summed E-state index contributed by atoms with van der Waals surface area (Å²) in [4.78, 5) is 0. The molecule has 1 unspecified atom stereocenters. The molecule has 0 fully saturated rings. The number of hydrogen-bond acceptors (Lipinski definition) is 3. The first-order valence-corrected chi connectivity index (χ1v) is 4.76. The van der Waals surface area contributed by atoms with Crippen molar-refractivity contribution in [1.29, 1.82) is 0 Å². The molecule has 0 aliphatic rings. The topological polar surface area (TPSA) is 60.7 Å². The van der Waals surface area contributed by atoms with Crippen molar-refractivity contribution < 1.29 is 15.3 Å². The standard InChI is InChI=1S/C9H10Cl2O3/c10-6-1-5(2-7(13)4-12)9(14)8(11)3-6/h1,3,7,12-14H,2,4H2. The summed E-state index contributed by atoms with van der Waals surface area (Å²) in [5.41, 5.74) is 0.420. The Bertz CT molecular complexity index is 328. The molecule has 1 aromatic carbocycles. The second kappa shape index (κ2) is 4.84. The highest BCUT2D eigenvalue weighted by Gasteiger charge is 2.11. The van der Waals surface area contributed by atoms with Gasteiger partial charge in [0, 0.05) is 11.4 Å². The first-order valence-electron chi connectivity index (χ1n) is 4.00. The predicted molar refractivity (Wildman–Crippen MR) is 54.9 cm³/mol. The van der Waals surface area contributed by atoms with Gasteiger partial charge in [-0.15, -0.1) is 0 Å². The molecule has 3 nitrogen and oxygen atoms in total. The van der Waals surface area contributed by atoms with E-state index in [0.717, 1.165) is 0 Å². The molecule has 0 aromatic heterocycles. The Morgan fingerprint density at radius 2 is 1.93 bits per heavy atom. The molecular weight excluding hydrogens is 227 g/mol. The van der Waals surface area contributed by atoms with Crippen LogP contribution >= 0.6 is 23.2 Å². The van der Waals surface area contributed by atoms with Crippen molar-refractivity contribution in [3.8, 4) is 5.75 Å². The van der Waals surface area contributed by atoms with Crippen LogP contribution < -0.4 is 0 Å². The number of aromatic hydroxyl groups is 1. The summed E-state index contributed by atoms with van der Waals surface area (Å²) < 4.78 is 0. The molecule has 0 spiro atoms. The average Bonchev–Trinajstić information content (AvgIpc) is 2.13. The summed E-state index contributed by atoms with van der Waals surface area (Å²) >= 11 is 11.4. The first-order chi connectivity index (χ1) is 6.54. The van der Waals surface area contributed by atoms with Crippen molar-refractivity contribution >= 4 is 23.2 Å². The Morgan fingerprint density at radius 3 is 2.50 bits per heavy atom. The lowest BCUT2D eigenvalue weighted by Gasteiger charge is -2.10. The van der Waals surface area contributed by atoms with E-state index in [1.807, 2.05) is 0 Å². The molecule has 3 N–H and O–H groups in total. The molecule has 1 rings (SSSR count). The van der Waals surface area contributed by atoms with Crippen molar-refractivity contribution in [3.63, 3.8) is 0 Å². The molecule has 0 saturated carbocycles. The van der Waals surface area contributed by atoms with Crippen molar-refractivity contribution in [2.75, 3.05) is 6.61 Å². The third kappa shape index (κ3) is 2.75. The van der Waals surface area contributed by atoms with Gasteiger partial charge in [-0.05, 0) is 17.7 Å². The molecule has 1 aromatic rings. The van der Waals surface area contributed by atoms with E-state index in [-0.39, 0.29) is 23.8 Å². The third-order valence-electron chi connectivity index (χ3n) is 1.77. The minimum atomic E-state index is -0.921. The van der Waals surface area contributed by atoms with Crippen LogP contribution in [0.3, 0.4) is 0 Å². The van der Waals surface area contributed by atoms with Gasteiger partial charge in [-0.25, -0.2) is 0 Å². The Balaban J connectivity index is 2.96. The van der Waals surface area contributed by atoms with E-state index in [9.17, 15) is 10.2 Å². The SMILES string of the molecule is OCC(O)Cc1cc(Cl)cc(Cl)c1O. The van der Waals surface area contributed by atoms with Crippen LogP contribution in [0.4, 0.5) is 0 Å². The predicted octanol–water partition coefficient (Wildman–Crippen LogP) is 1.59. The largest absolute Gasteiger partial charge is 0.506 e. The maximum atomic E-state index is 9.48. The minimum Gasteiger partial charge on any atom is -0.506 e. The number of rotatable bonds is 3. The van der Waals surface area contributed by atoms with Gasteiger partial charge in [-0.3, -0.25) is 0 Å². The maximum Gasteiger partial charge on any atom is 0.137 e. The van der Waals surface area contributed by atoms with Gasteiger partial charge in [0.15, 0.2) is 0 Å². The zero-order valence-corrected chi connectivity index (χ0v) is 8.76. The van der Waals surface area contributed by atoms with E-state index in [1.54, 1.807) is 0 Å². The molecule has 0 aliphatic heterocycles. The Morgan fingerprint density at radius 1 is 1.29 bits per heavy atom. The molecular formula is C9H10Cl2O3. The van der Waals surface area contributed by atoms with Crippen LogP contribution in [0.25, 0.3) is 0 Å². The Labute approximate surface area is 91.5 Å². The van der Waals surface area contributed by atoms with Crippen LogP contribution in [0.2, 0.25) is 10.0 Å². The van der Waals surface area contributed by atoms with Crippen LogP contribution in [0, 0.1) is 0 Å². The van der Waals surface area contributed by atoms with Gasteiger partial charge in [-0.1, -0.05) is 23.2 Å². The zero-order valence-electron chi connectivity index (χ0n) is 7.24. The highest BCUT2D eigenvalue weighted by Crippen LogP contribution is 2.31. The molecule has 0 heterocycles. The van der Waals surface area contributed by atoms with Gasteiger partial charge in [0.25, 0.3) is 0 Å². The highest BCUT2D eigenvalue weighted by molar-refractivity contribution is 6.35. The smallest absolute Gasteiger partial charge is 0.137 e. The lowest BCUT2D eigenvalue weighted by Crippen LogP contribution is -2.15. The molecule has 0 bridgehead atoms. The summed E-state index contributed by atoms with van der Waals surface area (Å²) in [6, 6.07) is 2.91. The van der Waals surface area contributed by atoms with E-state index < -0.39 is 6.10 Å². The summed E-state index contributed by atoms with van der Waals surface area (Å²) in [6.07, 6.45) is -0.807. The van der Waals surface area contributed by atoms with Crippen LogP contribution in [-0.4, -0.2) is 28.0 Å². The quantitative estimate of drug-likeness (QED) is 0.748. The molecule has 0 amide bonds. The first kappa shape index (κ1) is 11.6. The van der Waals surface area contributed by atoms with Crippen LogP contribution in [0.5, 0.6) is 5.75 Å². The summed E-state index contributed by atoms with van der Waals surface area (Å²) in [5.74, 6) is -0.108. The number of aliphatic hydroxyl groups is 2. The second-order valence-corrected chi connectivity index (χ2v) is 3.78. The number of hydrogen-bond donors (Lipinski definition) is 3. The van der Waals surface area contributed by atoms with Gasteiger partial charge in [-0.2, -0.15) is 0 Å². The highest BCUT2D eigenvalue weighted by atomic mass is 35.5. The van der Waals surface area contributed by atoms with Gasteiger partial charge >= 0.3 is 0 Å². The lowest BCUT2D eigenvalue weighted by molar-refractivity contribution is 0.0950. The van der Waals surface area contributed by atoms with Crippen LogP contribution in [0.15, 0.2) is 12.1 Å². The van der Waals surface area contributed by atoms with Crippen molar-refractivity contribution in [3.05, 3.63) is 27.7 Å². The summed E-state index contributed by atoms with van der Waals surface area (Å²) in [7, 11) is 0. The number of phenols is 1. The van der Waals surface area contributed by atoms with E-state index in [1.165, 1.54) is 12.1 Å². The number of aliphatic hydroxyl groups excluding tert-OH is 2. The van der Waals surface area contributed by atoms with E-state index in [2.05, 4.69) is 0 Å². The lowest BCUT2D eigenvalue weighted by atomic mass is 10.1. The maximum absolute atomic E-state index is 9.48. The van der Waals surface area contributed by atoms with Gasteiger partial charge in [0.2, 0.25) is 0 Å². The molecule has 0 saturated heterocycles. The molecule has 0 aliphatic carbocycles. The van der Waals surface area contributed by atoms with Crippen LogP contribution in [0.1, 0.15) is 5.56 Å². The van der Waals surface area contributed by atoms with Gasteiger partial charge in [0.1, 0.15) is 5.75 Å². The number of benzene rings is 1. The third-order valence-corrected chi connectivity index (χ3v) is 2.28. The fourth-order valence-corrected chi connectivity index (χ4v) is 1.63. The molecule has 0 radical (unpaired) electrons. The monoisotopic (exact) mass is 236 g/mol. The average molecular weight is 237 g/mol. The van der Waals surface area contributed by atoms with Crippen LogP contribution in [-0.2, 0) is 6.42 Å². The normalized spacial score (nSPS) is 12.9. The summed E-state index contributed by atoms with van der Waals surface area (Å²) in [6.45, 7) is -0.371. The number of phenolic OH excluding ortho intramolecular Hbond substituents is 1. The van der Waals surface area contributed by atoms with Crippen molar-refractivity contribution in [1.82, 2.24) is 0 Å². The van der Waals surface area contributed by atoms with Gasteiger partial charge in [0.05, 0.1) is 17.7 Å². The van der Waals surface area contributed by atoms with Crippen molar-refractivity contribution in [2.24, 2.45) is 0 Å². The molecule has 14 heavy (non-hydrogen) atoms. The van der Waals surface area contributed by atoms with E-state index in [4.69, 9.17) is 28.3 Å². The fourth-order valence-electron chi connectivity index (χ4n) is 1.09. The summed E-state index contributed by atoms with van der Waals surface area (Å²) in [5, 5.41) is 27.8. The van der Waals surface area contributed by atoms with E-state index in [0.29, 0.717) is 10.6 Å². The molecule has 1 atom stereocenters. The molecule has 78 valence electrons. The zero-order chi connectivity index (χ0) is 10.7. The minimum absolute atomic E-state index is 0.108. The van der Waals surface area contributed by atoms with E-state index >= 15 is 0 Å².